The van der Waals surface area contributed by atoms with E-state index in [1.165, 1.54) is 38.4 Å². The van der Waals surface area contributed by atoms with Gasteiger partial charge in [0.25, 0.3) is 15.9 Å². The molecular formula is C22H22N2O4S. The Hall–Kier alpha value is -3.32. The predicted molar refractivity (Wildman–Crippen MR) is 114 cm³/mol. The van der Waals surface area contributed by atoms with E-state index >= 15 is 0 Å². The number of anilines is 2. The number of hydrogen-bond donors (Lipinski definition) is 1. The van der Waals surface area contributed by atoms with Gasteiger partial charge in [-0.15, -0.1) is 0 Å². The molecule has 6 nitrogen and oxygen atoms in total. The number of nitrogens with zero attached hydrogens (tertiary/aromatic N) is 1. The van der Waals surface area contributed by atoms with E-state index in [9.17, 15) is 13.2 Å². The molecule has 0 aliphatic rings. The van der Waals surface area contributed by atoms with Crippen molar-refractivity contribution >= 4 is 27.3 Å². The summed E-state index contributed by atoms with van der Waals surface area (Å²) in [7, 11) is -0.859. The van der Waals surface area contributed by atoms with Crippen LogP contribution < -0.4 is 14.4 Å². The van der Waals surface area contributed by atoms with Gasteiger partial charge in [0, 0.05) is 18.3 Å². The van der Waals surface area contributed by atoms with Gasteiger partial charge in [0.15, 0.2) is 0 Å². The average molecular weight is 410 g/mol. The van der Waals surface area contributed by atoms with Crippen molar-refractivity contribution in [2.24, 2.45) is 0 Å². The number of nitrogens with one attached hydrogen (secondary N) is 1. The number of benzene rings is 3. The number of amides is 1. The normalized spacial score (nSPS) is 11.0. The fourth-order valence-corrected chi connectivity index (χ4v) is 4.09. The zero-order valence-corrected chi connectivity index (χ0v) is 17.2. The zero-order chi connectivity index (χ0) is 21.0. The van der Waals surface area contributed by atoms with E-state index in [-0.39, 0.29) is 10.8 Å². The molecule has 0 unspecified atom stereocenters. The molecular weight excluding hydrogens is 388 g/mol. The minimum Gasteiger partial charge on any atom is -0.495 e. The van der Waals surface area contributed by atoms with Gasteiger partial charge < -0.3 is 10.1 Å². The molecule has 3 aromatic rings. The molecule has 0 saturated carbocycles. The summed E-state index contributed by atoms with van der Waals surface area (Å²) < 4.78 is 32.4. The number of rotatable bonds is 6. The molecule has 0 spiro atoms. The third kappa shape index (κ3) is 4.41. The Balaban J connectivity index is 1.82. The van der Waals surface area contributed by atoms with Gasteiger partial charge >= 0.3 is 0 Å². The van der Waals surface area contributed by atoms with Crippen LogP contribution in [-0.2, 0) is 10.0 Å². The maximum Gasteiger partial charge on any atom is 0.264 e. The first-order valence-electron chi connectivity index (χ1n) is 8.93. The summed E-state index contributed by atoms with van der Waals surface area (Å²) >= 11 is 0. The smallest absolute Gasteiger partial charge is 0.264 e. The highest BCUT2D eigenvalue weighted by molar-refractivity contribution is 7.92. The fourth-order valence-electron chi connectivity index (χ4n) is 2.88. The van der Waals surface area contributed by atoms with Crippen LogP contribution in [0.1, 0.15) is 15.9 Å². The molecule has 3 rings (SSSR count). The Morgan fingerprint density at radius 3 is 2.31 bits per heavy atom. The SMILES string of the molecule is COc1ccccc1N(C)S(=O)(=O)c1ccc(C(=O)Nc2cccc(C)c2)cc1. The topological polar surface area (TPSA) is 75.7 Å². The van der Waals surface area contributed by atoms with Crippen LogP contribution in [0.25, 0.3) is 0 Å². The minimum atomic E-state index is -3.81. The fraction of sp³-hybridized carbons (Fsp3) is 0.136. The van der Waals surface area contributed by atoms with Gasteiger partial charge in [-0.2, -0.15) is 0 Å². The second-order valence-electron chi connectivity index (χ2n) is 6.49. The molecule has 1 N–H and O–H groups in total. The lowest BCUT2D eigenvalue weighted by Gasteiger charge is -2.21. The van der Waals surface area contributed by atoms with Crippen LogP contribution in [0.3, 0.4) is 0 Å². The molecule has 150 valence electrons. The van der Waals surface area contributed by atoms with Gasteiger partial charge in [0.05, 0.1) is 17.7 Å². The zero-order valence-electron chi connectivity index (χ0n) is 16.4. The number of methoxy groups -OCH3 is 1. The molecule has 0 atom stereocenters. The van der Waals surface area contributed by atoms with E-state index < -0.39 is 10.0 Å². The Labute approximate surface area is 170 Å². The molecule has 0 radical (unpaired) electrons. The van der Waals surface area contributed by atoms with Crippen molar-refractivity contribution in [3.8, 4) is 5.75 Å². The van der Waals surface area contributed by atoms with Gasteiger partial charge in [-0.3, -0.25) is 9.10 Å². The summed E-state index contributed by atoms with van der Waals surface area (Å²) in [4.78, 5) is 12.5. The number of aryl methyl sites for hydroxylation is 1. The van der Waals surface area contributed by atoms with Crippen LogP contribution in [0.5, 0.6) is 5.75 Å². The van der Waals surface area contributed by atoms with Gasteiger partial charge in [0.2, 0.25) is 0 Å². The quantitative estimate of drug-likeness (QED) is 0.664. The molecule has 29 heavy (non-hydrogen) atoms. The lowest BCUT2D eigenvalue weighted by molar-refractivity contribution is 0.102. The number of sulfonamides is 1. The Morgan fingerprint density at radius 2 is 1.66 bits per heavy atom. The van der Waals surface area contributed by atoms with Crippen LogP contribution in [0.2, 0.25) is 0 Å². The van der Waals surface area contributed by atoms with Crippen molar-refractivity contribution in [1.29, 1.82) is 0 Å². The average Bonchev–Trinajstić information content (AvgIpc) is 2.73. The summed E-state index contributed by atoms with van der Waals surface area (Å²) in [5.41, 5.74) is 2.51. The Bertz CT molecular complexity index is 1130. The van der Waals surface area contributed by atoms with Gasteiger partial charge in [-0.25, -0.2) is 8.42 Å². The lowest BCUT2D eigenvalue weighted by Crippen LogP contribution is -2.27. The molecule has 0 aromatic heterocycles. The molecule has 0 saturated heterocycles. The maximum atomic E-state index is 13.0. The van der Waals surface area contributed by atoms with Crippen molar-refractivity contribution in [3.63, 3.8) is 0 Å². The summed E-state index contributed by atoms with van der Waals surface area (Å²) in [6.45, 7) is 1.94. The summed E-state index contributed by atoms with van der Waals surface area (Å²) in [5.74, 6) is 0.144. The first-order chi connectivity index (χ1) is 13.8. The van der Waals surface area contributed by atoms with E-state index in [1.807, 2.05) is 25.1 Å². The van der Waals surface area contributed by atoms with E-state index in [4.69, 9.17) is 4.74 Å². The Morgan fingerprint density at radius 1 is 0.966 bits per heavy atom. The summed E-state index contributed by atoms with van der Waals surface area (Å²) in [5, 5.41) is 2.81. The molecule has 0 fully saturated rings. The van der Waals surface area contributed by atoms with Gasteiger partial charge in [-0.1, -0.05) is 24.3 Å². The molecule has 3 aromatic carbocycles. The molecule has 1 amide bonds. The molecule has 7 heteroatoms. The highest BCUT2D eigenvalue weighted by atomic mass is 32.2. The van der Waals surface area contributed by atoms with E-state index in [0.29, 0.717) is 22.7 Å². The van der Waals surface area contributed by atoms with Crippen LogP contribution in [0, 0.1) is 6.92 Å². The summed E-state index contributed by atoms with van der Waals surface area (Å²) in [6, 6.07) is 20.2. The lowest BCUT2D eigenvalue weighted by atomic mass is 10.2. The number of ether oxygens (including phenoxy) is 1. The number of hydrogen-bond acceptors (Lipinski definition) is 4. The number of para-hydroxylation sites is 2. The minimum absolute atomic E-state index is 0.0815. The highest BCUT2D eigenvalue weighted by Crippen LogP contribution is 2.30. The van der Waals surface area contributed by atoms with Crippen LogP contribution in [-0.4, -0.2) is 28.5 Å². The first-order valence-corrected chi connectivity index (χ1v) is 10.4. The number of carbonyl (C=O) groups is 1. The highest BCUT2D eigenvalue weighted by Gasteiger charge is 2.23. The third-order valence-electron chi connectivity index (χ3n) is 4.48. The van der Waals surface area contributed by atoms with Gasteiger partial charge in [-0.05, 0) is 61.0 Å². The van der Waals surface area contributed by atoms with Crippen LogP contribution in [0.4, 0.5) is 11.4 Å². The monoisotopic (exact) mass is 410 g/mol. The molecule has 0 heterocycles. The standard InChI is InChI=1S/C22H22N2O4S/c1-16-7-6-8-18(15-16)23-22(25)17-11-13-19(14-12-17)29(26,27)24(2)20-9-4-5-10-21(20)28-3/h4-15H,1-3H3,(H,23,25). The van der Waals surface area contributed by atoms with Crippen LogP contribution >= 0.6 is 0 Å². The van der Waals surface area contributed by atoms with Crippen LogP contribution in [0.15, 0.2) is 77.7 Å². The predicted octanol–water partition coefficient (Wildman–Crippen LogP) is 4.08. The van der Waals surface area contributed by atoms with Crippen molar-refractivity contribution in [1.82, 2.24) is 0 Å². The molecule has 0 bridgehead atoms. The Kier molecular flexibility index (Phi) is 5.89. The van der Waals surface area contributed by atoms with E-state index in [2.05, 4.69) is 5.32 Å². The largest absolute Gasteiger partial charge is 0.495 e. The second kappa shape index (κ2) is 8.36. The summed E-state index contributed by atoms with van der Waals surface area (Å²) in [6.07, 6.45) is 0. The maximum absolute atomic E-state index is 13.0. The third-order valence-corrected chi connectivity index (χ3v) is 6.26. The van der Waals surface area contributed by atoms with E-state index in [0.717, 1.165) is 9.87 Å². The molecule has 0 aliphatic carbocycles. The molecule has 0 aliphatic heterocycles. The number of carbonyl (C=O) groups excluding carboxylic acids is 1. The van der Waals surface area contributed by atoms with Crippen molar-refractivity contribution in [3.05, 3.63) is 83.9 Å². The van der Waals surface area contributed by atoms with Gasteiger partial charge in [0.1, 0.15) is 5.75 Å². The van der Waals surface area contributed by atoms with Crippen molar-refractivity contribution in [2.75, 3.05) is 23.8 Å². The van der Waals surface area contributed by atoms with Crippen molar-refractivity contribution in [2.45, 2.75) is 11.8 Å². The first kappa shape index (κ1) is 20.4. The van der Waals surface area contributed by atoms with E-state index in [1.54, 1.807) is 30.3 Å². The van der Waals surface area contributed by atoms with Crippen molar-refractivity contribution < 1.29 is 17.9 Å². The second-order valence-corrected chi connectivity index (χ2v) is 8.46.